The molecule has 0 aliphatic heterocycles. The quantitative estimate of drug-likeness (QED) is 0.614. The highest BCUT2D eigenvalue weighted by Crippen LogP contribution is 2.27. The van der Waals surface area contributed by atoms with Gasteiger partial charge < -0.3 is 15.8 Å². The number of nitrogens with one attached hydrogen (secondary N) is 1. The average molecular weight is 329 g/mol. The molecule has 2 aromatic carbocycles. The number of primary amides is 1. The molecule has 2 amide bonds. The lowest BCUT2D eigenvalue weighted by Gasteiger charge is -2.16. The van der Waals surface area contributed by atoms with Gasteiger partial charge in [0.15, 0.2) is 5.75 Å². The first kappa shape index (κ1) is 16.9. The summed E-state index contributed by atoms with van der Waals surface area (Å²) in [4.78, 5) is 34.3. The van der Waals surface area contributed by atoms with Gasteiger partial charge in [-0.15, -0.1) is 0 Å². The molecule has 8 heteroatoms. The molecule has 0 heterocycles. The number of nitrogens with zero attached hydrogens (tertiary/aromatic N) is 1. The van der Waals surface area contributed by atoms with Crippen molar-refractivity contribution in [2.45, 2.75) is 6.04 Å². The van der Waals surface area contributed by atoms with E-state index in [1.54, 1.807) is 30.3 Å². The van der Waals surface area contributed by atoms with Crippen molar-refractivity contribution in [3.05, 3.63) is 69.8 Å². The predicted molar refractivity (Wildman–Crippen MR) is 85.5 cm³/mol. The van der Waals surface area contributed by atoms with E-state index < -0.39 is 22.8 Å². The molecule has 0 aliphatic rings. The van der Waals surface area contributed by atoms with Crippen molar-refractivity contribution in [1.29, 1.82) is 0 Å². The molecule has 0 spiro atoms. The second kappa shape index (κ2) is 7.23. The van der Waals surface area contributed by atoms with E-state index in [1.165, 1.54) is 19.2 Å². The number of amides is 2. The fourth-order valence-electron chi connectivity index (χ4n) is 2.15. The Labute approximate surface area is 137 Å². The maximum Gasteiger partial charge on any atom is 0.311 e. The molecule has 1 atom stereocenters. The van der Waals surface area contributed by atoms with Gasteiger partial charge in [0.05, 0.1) is 12.0 Å². The van der Waals surface area contributed by atoms with Crippen LogP contribution in [0.4, 0.5) is 5.69 Å². The van der Waals surface area contributed by atoms with E-state index in [-0.39, 0.29) is 17.0 Å². The molecule has 0 fully saturated rings. The van der Waals surface area contributed by atoms with Crippen LogP contribution in [-0.2, 0) is 4.79 Å². The Bertz CT molecular complexity index is 777. The van der Waals surface area contributed by atoms with Crippen LogP contribution in [0, 0.1) is 10.1 Å². The lowest BCUT2D eigenvalue weighted by atomic mass is 10.1. The number of hydrogen-bond acceptors (Lipinski definition) is 5. The van der Waals surface area contributed by atoms with Crippen LogP contribution in [0.3, 0.4) is 0 Å². The highest BCUT2D eigenvalue weighted by atomic mass is 16.6. The summed E-state index contributed by atoms with van der Waals surface area (Å²) >= 11 is 0. The number of nitro groups is 1. The molecule has 0 aromatic heterocycles. The van der Waals surface area contributed by atoms with Crippen LogP contribution in [0.2, 0.25) is 0 Å². The molecule has 0 bridgehead atoms. The summed E-state index contributed by atoms with van der Waals surface area (Å²) in [6, 6.07) is 11.2. The maximum atomic E-state index is 12.3. The second-order valence-corrected chi connectivity index (χ2v) is 4.86. The van der Waals surface area contributed by atoms with E-state index in [2.05, 4.69) is 5.32 Å². The van der Waals surface area contributed by atoms with Gasteiger partial charge in [0, 0.05) is 11.6 Å². The monoisotopic (exact) mass is 329 g/mol. The molecule has 3 N–H and O–H groups in total. The SMILES string of the molecule is COc1ccc(C(=O)NC(C(N)=O)c2ccccc2)cc1[N+](=O)[O-]. The van der Waals surface area contributed by atoms with E-state index in [0.717, 1.165) is 6.07 Å². The summed E-state index contributed by atoms with van der Waals surface area (Å²) in [5, 5.41) is 13.5. The molecule has 1 unspecified atom stereocenters. The van der Waals surface area contributed by atoms with Crippen LogP contribution in [0.15, 0.2) is 48.5 Å². The number of ether oxygens (including phenoxy) is 1. The molecule has 0 aliphatic carbocycles. The number of benzene rings is 2. The third-order valence-electron chi connectivity index (χ3n) is 3.33. The number of methoxy groups -OCH3 is 1. The van der Waals surface area contributed by atoms with Crippen molar-refractivity contribution in [3.8, 4) is 5.75 Å². The van der Waals surface area contributed by atoms with Crippen LogP contribution >= 0.6 is 0 Å². The van der Waals surface area contributed by atoms with Gasteiger partial charge in [0.2, 0.25) is 5.91 Å². The van der Waals surface area contributed by atoms with Gasteiger partial charge in [0.25, 0.3) is 5.91 Å². The van der Waals surface area contributed by atoms with Crippen LogP contribution < -0.4 is 15.8 Å². The Morgan fingerprint density at radius 3 is 2.42 bits per heavy atom. The summed E-state index contributed by atoms with van der Waals surface area (Å²) in [5.74, 6) is -1.36. The molecular weight excluding hydrogens is 314 g/mol. The molecule has 8 nitrogen and oxygen atoms in total. The number of nitrogens with two attached hydrogens (primary N) is 1. The van der Waals surface area contributed by atoms with E-state index in [9.17, 15) is 19.7 Å². The third-order valence-corrected chi connectivity index (χ3v) is 3.33. The zero-order valence-electron chi connectivity index (χ0n) is 12.8. The van der Waals surface area contributed by atoms with Gasteiger partial charge in [-0.05, 0) is 17.7 Å². The summed E-state index contributed by atoms with van der Waals surface area (Å²) in [7, 11) is 1.29. The van der Waals surface area contributed by atoms with Crippen molar-refractivity contribution in [2.75, 3.05) is 7.11 Å². The van der Waals surface area contributed by atoms with Gasteiger partial charge in [-0.2, -0.15) is 0 Å². The van der Waals surface area contributed by atoms with Gasteiger partial charge in [-0.25, -0.2) is 0 Å². The fourth-order valence-corrected chi connectivity index (χ4v) is 2.15. The largest absolute Gasteiger partial charge is 0.490 e. The highest BCUT2D eigenvalue weighted by Gasteiger charge is 2.23. The topological polar surface area (TPSA) is 125 Å². The lowest BCUT2D eigenvalue weighted by Crippen LogP contribution is -2.37. The zero-order valence-corrected chi connectivity index (χ0v) is 12.8. The number of hydrogen-bond donors (Lipinski definition) is 2. The molecule has 2 rings (SSSR count). The van der Waals surface area contributed by atoms with Crippen molar-refractivity contribution >= 4 is 17.5 Å². The summed E-state index contributed by atoms with van der Waals surface area (Å²) < 4.78 is 4.88. The summed E-state index contributed by atoms with van der Waals surface area (Å²) in [5.41, 5.74) is 5.52. The Morgan fingerprint density at radius 2 is 1.88 bits per heavy atom. The van der Waals surface area contributed by atoms with Crippen molar-refractivity contribution in [2.24, 2.45) is 5.73 Å². The minimum Gasteiger partial charge on any atom is -0.490 e. The minimum absolute atomic E-state index is 0.0182. The molecule has 24 heavy (non-hydrogen) atoms. The molecule has 0 radical (unpaired) electrons. The van der Waals surface area contributed by atoms with Gasteiger partial charge in [-0.1, -0.05) is 30.3 Å². The number of carbonyl (C=O) groups is 2. The van der Waals surface area contributed by atoms with Crippen LogP contribution in [0.1, 0.15) is 22.0 Å². The average Bonchev–Trinajstić information content (AvgIpc) is 2.59. The molecule has 2 aromatic rings. The third kappa shape index (κ3) is 3.67. The fraction of sp³-hybridized carbons (Fsp3) is 0.125. The van der Waals surface area contributed by atoms with Crippen LogP contribution in [-0.4, -0.2) is 23.8 Å². The van der Waals surface area contributed by atoms with Gasteiger partial charge >= 0.3 is 5.69 Å². The molecule has 0 saturated carbocycles. The van der Waals surface area contributed by atoms with Crippen molar-refractivity contribution in [1.82, 2.24) is 5.32 Å². The molecular formula is C16H15N3O5. The standard InChI is InChI=1S/C16H15N3O5/c1-24-13-8-7-11(9-12(13)19(22)23)16(21)18-14(15(17)20)10-5-3-2-4-6-10/h2-9,14H,1H3,(H2,17,20)(H,18,21). The van der Waals surface area contributed by atoms with Crippen molar-refractivity contribution < 1.29 is 19.2 Å². The number of nitro benzene ring substituents is 1. The normalized spacial score (nSPS) is 11.4. The van der Waals surface area contributed by atoms with Crippen LogP contribution in [0.5, 0.6) is 5.75 Å². The summed E-state index contributed by atoms with van der Waals surface area (Å²) in [6.07, 6.45) is 0. The zero-order chi connectivity index (χ0) is 17.7. The lowest BCUT2D eigenvalue weighted by molar-refractivity contribution is -0.385. The maximum absolute atomic E-state index is 12.3. The van der Waals surface area contributed by atoms with E-state index in [4.69, 9.17) is 10.5 Å². The smallest absolute Gasteiger partial charge is 0.311 e. The minimum atomic E-state index is -1.04. The first-order valence-corrected chi connectivity index (χ1v) is 6.91. The Kier molecular flexibility index (Phi) is 5.10. The molecule has 0 saturated heterocycles. The van der Waals surface area contributed by atoms with Crippen molar-refractivity contribution in [3.63, 3.8) is 0 Å². The Hall–Kier alpha value is -3.42. The number of carbonyl (C=O) groups excluding carboxylic acids is 2. The Balaban J connectivity index is 2.29. The first-order chi connectivity index (χ1) is 11.4. The first-order valence-electron chi connectivity index (χ1n) is 6.91. The Morgan fingerprint density at radius 1 is 1.21 bits per heavy atom. The van der Waals surface area contributed by atoms with E-state index in [0.29, 0.717) is 5.56 Å². The molecule has 124 valence electrons. The van der Waals surface area contributed by atoms with E-state index >= 15 is 0 Å². The summed E-state index contributed by atoms with van der Waals surface area (Å²) in [6.45, 7) is 0. The predicted octanol–water partition coefficient (Wildman–Crippen LogP) is 1.56. The van der Waals surface area contributed by atoms with Crippen LogP contribution in [0.25, 0.3) is 0 Å². The van der Waals surface area contributed by atoms with E-state index in [1.807, 2.05) is 0 Å². The second-order valence-electron chi connectivity index (χ2n) is 4.86. The van der Waals surface area contributed by atoms with Gasteiger partial charge in [-0.3, -0.25) is 19.7 Å². The van der Waals surface area contributed by atoms with Gasteiger partial charge in [0.1, 0.15) is 6.04 Å². The highest BCUT2D eigenvalue weighted by molar-refractivity contribution is 5.98. The number of rotatable bonds is 6.